The van der Waals surface area contributed by atoms with Gasteiger partial charge in [-0.05, 0) is 31.5 Å². The van der Waals surface area contributed by atoms with Crippen LogP contribution >= 0.6 is 0 Å². The normalized spacial score (nSPS) is 13.9. The van der Waals surface area contributed by atoms with Crippen molar-refractivity contribution in [3.05, 3.63) is 29.5 Å². The Hall–Kier alpha value is -2.90. The van der Waals surface area contributed by atoms with Gasteiger partial charge < -0.3 is 24.4 Å². The van der Waals surface area contributed by atoms with Crippen LogP contribution in [0.5, 0.6) is 17.4 Å². The standard InChI is InChI=1S/C18H24N4O4/c1-11(13-6-7-14-15(10-13)26-9-8-25-14)21(3)18(23)19-16-12(2)22(4)20-17(16)24-5/h6-7,10-11H,8-9H2,1-5H3,(H,19,23)/t11-/m1/s1. The molecule has 0 bridgehead atoms. The fourth-order valence-electron chi connectivity index (χ4n) is 2.78. The fraction of sp³-hybridized carbons (Fsp3) is 0.444. The number of amides is 2. The molecular weight excluding hydrogens is 336 g/mol. The molecule has 3 rings (SSSR count). The molecule has 140 valence electrons. The highest BCUT2D eigenvalue weighted by atomic mass is 16.6. The van der Waals surface area contributed by atoms with Gasteiger partial charge in [0.15, 0.2) is 11.5 Å². The van der Waals surface area contributed by atoms with E-state index in [9.17, 15) is 4.79 Å². The zero-order chi connectivity index (χ0) is 18.8. The molecule has 0 saturated carbocycles. The average Bonchev–Trinajstić information content (AvgIpc) is 2.94. The molecule has 1 N–H and O–H groups in total. The summed E-state index contributed by atoms with van der Waals surface area (Å²) in [4.78, 5) is 14.3. The number of urea groups is 1. The predicted molar refractivity (Wildman–Crippen MR) is 97.1 cm³/mol. The van der Waals surface area contributed by atoms with Crippen molar-refractivity contribution < 1.29 is 19.0 Å². The first kappa shape index (κ1) is 17.9. The topological polar surface area (TPSA) is 77.9 Å². The van der Waals surface area contributed by atoms with Gasteiger partial charge in [-0.2, -0.15) is 0 Å². The van der Waals surface area contributed by atoms with Crippen LogP contribution in [-0.4, -0.2) is 48.1 Å². The van der Waals surface area contributed by atoms with E-state index in [2.05, 4.69) is 10.4 Å². The van der Waals surface area contributed by atoms with Crippen molar-refractivity contribution in [2.45, 2.75) is 19.9 Å². The maximum absolute atomic E-state index is 12.7. The number of methoxy groups -OCH3 is 1. The van der Waals surface area contributed by atoms with Crippen LogP contribution in [0.25, 0.3) is 0 Å². The minimum atomic E-state index is -0.248. The summed E-state index contributed by atoms with van der Waals surface area (Å²) in [6, 6.07) is 5.33. The Morgan fingerprint density at radius 2 is 2.04 bits per heavy atom. The van der Waals surface area contributed by atoms with Crippen LogP contribution in [0, 0.1) is 6.92 Å². The first-order valence-corrected chi connectivity index (χ1v) is 8.43. The Kier molecular flexibility index (Phi) is 4.92. The quantitative estimate of drug-likeness (QED) is 0.907. The van der Waals surface area contributed by atoms with Gasteiger partial charge in [0.1, 0.15) is 18.9 Å². The number of carbonyl (C=O) groups excluding carboxylic acids is 1. The van der Waals surface area contributed by atoms with Crippen molar-refractivity contribution in [1.29, 1.82) is 0 Å². The lowest BCUT2D eigenvalue weighted by atomic mass is 10.1. The zero-order valence-corrected chi connectivity index (χ0v) is 15.7. The van der Waals surface area contributed by atoms with Gasteiger partial charge in [0.2, 0.25) is 0 Å². The van der Waals surface area contributed by atoms with E-state index in [-0.39, 0.29) is 12.1 Å². The molecule has 0 radical (unpaired) electrons. The van der Waals surface area contributed by atoms with E-state index in [0.717, 1.165) is 17.0 Å². The molecule has 1 aromatic carbocycles. The maximum atomic E-state index is 12.7. The van der Waals surface area contributed by atoms with Crippen molar-refractivity contribution in [2.24, 2.45) is 7.05 Å². The Morgan fingerprint density at radius 3 is 2.73 bits per heavy atom. The Bertz CT molecular complexity index is 818. The van der Waals surface area contributed by atoms with Gasteiger partial charge >= 0.3 is 6.03 Å². The lowest BCUT2D eigenvalue weighted by molar-refractivity contribution is 0.170. The summed E-state index contributed by atoms with van der Waals surface area (Å²) in [6.45, 7) is 4.91. The SMILES string of the molecule is COc1nn(C)c(C)c1NC(=O)N(C)[C@H](C)c1ccc2c(c1)OCCO2. The number of nitrogens with one attached hydrogen (secondary N) is 1. The number of nitrogens with zero attached hydrogens (tertiary/aromatic N) is 3. The van der Waals surface area contributed by atoms with Crippen LogP contribution in [0.3, 0.4) is 0 Å². The summed E-state index contributed by atoms with van der Waals surface area (Å²) in [5, 5.41) is 7.11. The molecule has 0 saturated heterocycles. The third-order valence-corrected chi connectivity index (χ3v) is 4.68. The van der Waals surface area contributed by atoms with Crippen molar-refractivity contribution in [1.82, 2.24) is 14.7 Å². The molecule has 0 spiro atoms. The largest absolute Gasteiger partial charge is 0.486 e. The molecule has 2 amide bonds. The molecule has 0 aliphatic carbocycles. The Morgan fingerprint density at radius 1 is 1.35 bits per heavy atom. The third kappa shape index (κ3) is 3.26. The van der Waals surface area contributed by atoms with Crippen LogP contribution in [0.2, 0.25) is 0 Å². The van der Waals surface area contributed by atoms with E-state index in [0.29, 0.717) is 30.5 Å². The van der Waals surface area contributed by atoms with Gasteiger partial charge in [-0.15, -0.1) is 5.10 Å². The molecule has 8 nitrogen and oxygen atoms in total. The van der Waals surface area contributed by atoms with Crippen molar-refractivity contribution >= 4 is 11.7 Å². The number of ether oxygens (including phenoxy) is 3. The number of rotatable bonds is 4. The number of anilines is 1. The summed E-state index contributed by atoms with van der Waals surface area (Å²) in [5.74, 6) is 1.83. The lowest BCUT2D eigenvalue weighted by Crippen LogP contribution is -2.34. The van der Waals surface area contributed by atoms with Crippen molar-refractivity contribution in [2.75, 3.05) is 32.7 Å². The first-order chi connectivity index (χ1) is 12.4. The maximum Gasteiger partial charge on any atom is 0.322 e. The number of carbonyl (C=O) groups is 1. The van der Waals surface area contributed by atoms with E-state index in [4.69, 9.17) is 14.2 Å². The molecule has 8 heteroatoms. The molecule has 1 aliphatic heterocycles. The lowest BCUT2D eigenvalue weighted by Gasteiger charge is -2.27. The molecular formula is C18H24N4O4. The fourth-order valence-corrected chi connectivity index (χ4v) is 2.78. The smallest absolute Gasteiger partial charge is 0.322 e. The van der Waals surface area contributed by atoms with Gasteiger partial charge in [0.05, 0.1) is 18.8 Å². The highest BCUT2D eigenvalue weighted by molar-refractivity contribution is 5.91. The molecule has 1 aromatic heterocycles. The van der Waals surface area contributed by atoms with Gasteiger partial charge in [-0.25, -0.2) is 4.79 Å². The molecule has 1 atom stereocenters. The second kappa shape index (κ2) is 7.15. The summed E-state index contributed by atoms with van der Waals surface area (Å²) in [6.07, 6.45) is 0. The van der Waals surface area contributed by atoms with Gasteiger partial charge in [-0.1, -0.05) is 6.07 Å². The number of aryl methyl sites for hydroxylation is 1. The van der Waals surface area contributed by atoms with Gasteiger partial charge in [0.25, 0.3) is 5.88 Å². The summed E-state index contributed by atoms with van der Waals surface area (Å²) < 4.78 is 18.1. The van der Waals surface area contributed by atoms with E-state index in [1.54, 1.807) is 23.7 Å². The van der Waals surface area contributed by atoms with Crippen LogP contribution in [-0.2, 0) is 7.05 Å². The highest BCUT2D eigenvalue weighted by Gasteiger charge is 2.23. The predicted octanol–water partition coefficient (Wildman–Crippen LogP) is 2.73. The minimum Gasteiger partial charge on any atom is -0.486 e. The number of fused-ring (bicyclic) bond motifs is 1. The second-order valence-electron chi connectivity index (χ2n) is 6.21. The van der Waals surface area contributed by atoms with Gasteiger partial charge in [0, 0.05) is 14.1 Å². The van der Waals surface area contributed by atoms with Crippen LogP contribution in [0.15, 0.2) is 18.2 Å². The van der Waals surface area contributed by atoms with Crippen molar-refractivity contribution in [3.63, 3.8) is 0 Å². The van der Waals surface area contributed by atoms with E-state index >= 15 is 0 Å². The van der Waals surface area contributed by atoms with Crippen LogP contribution in [0.1, 0.15) is 24.2 Å². The van der Waals surface area contributed by atoms with Crippen LogP contribution < -0.4 is 19.5 Å². The second-order valence-corrected chi connectivity index (χ2v) is 6.21. The van der Waals surface area contributed by atoms with Crippen LogP contribution in [0.4, 0.5) is 10.5 Å². The number of hydrogen-bond donors (Lipinski definition) is 1. The number of benzene rings is 1. The number of hydrogen-bond acceptors (Lipinski definition) is 5. The minimum absolute atomic E-state index is 0.159. The zero-order valence-electron chi connectivity index (χ0n) is 15.7. The summed E-state index contributed by atoms with van der Waals surface area (Å²) in [5.41, 5.74) is 2.35. The monoisotopic (exact) mass is 360 g/mol. The molecule has 0 fully saturated rings. The molecule has 1 aliphatic rings. The number of aromatic nitrogens is 2. The average molecular weight is 360 g/mol. The van der Waals surface area contributed by atoms with Crippen molar-refractivity contribution in [3.8, 4) is 17.4 Å². The third-order valence-electron chi connectivity index (χ3n) is 4.68. The van der Waals surface area contributed by atoms with E-state index < -0.39 is 0 Å². The van der Waals surface area contributed by atoms with Gasteiger partial charge in [-0.3, -0.25) is 4.68 Å². The highest BCUT2D eigenvalue weighted by Crippen LogP contribution is 2.34. The van der Waals surface area contributed by atoms with E-state index in [1.165, 1.54) is 7.11 Å². The Labute approximate surface area is 152 Å². The first-order valence-electron chi connectivity index (χ1n) is 8.43. The van der Waals surface area contributed by atoms with E-state index in [1.807, 2.05) is 32.0 Å². The summed E-state index contributed by atoms with van der Waals surface area (Å²) >= 11 is 0. The molecule has 2 heterocycles. The molecule has 26 heavy (non-hydrogen) atoms. The molecule has 2 aromatic rings. The molecule has 0 unspecified atom stereocenters. The Balaban J connectivity index is 1.76. The summed E-state index contributed by atoms with van der Waals surface area (Å²) in [7, 11) is 5.07.